The zero-order chi connectivity index (χ0) is 58.9. The van der Waals surface area contributed by atoms with Crippen LogP contribution >= 0.6 is 0 Å². The summed E-state index contributed by atoms with van der Waals surface area (Å²) >= 11 is 0. The van der Waals surface area contributed by atoms with Crippen molar-refractivity contribution < 1.29 is 58.2 Å². The lowest BCUT2D eigenvalue weighted by Gasteiger charge is -2.40. The molecule has 0 spiro atoms. The third-order valence-corrected chi connectivity index (χ3v) is 14.4. The van der Waals surface area contributed by atoms with E-state index >= 15 is 0 Å². The molecule has 0 bridgehead atoms. The molecule has 0 aromatic rings. The van der Waals surface area contributed by atoms with Gasteiger partial charge in [0.15, 0.2) is 24.6 Å². The van der Waals surface area contributed by atoms with E-state index in [9.17, 15) is 34.5 Å². The minimum Gasteiger partial charge on any atom is -0.479 e. The zero-order valence-electron chi connectivity index (χ0n) is 51.3. The summed E-state index contributed by atoms with van der Waals surface area (Å²) in [4.78, 5) is 51.3. The van der Waals surface area contributed by atoms with Gasteiger partial charge in [-0.25, -0.2) is 4.79 Å². The maximum Gasteiger partial charge on any atom is 0.335 e. The Balaban J connectivity index is 2.68. The van der Waals surface area contributed by atoms with Crippen LogP contribution in [0.25, 0.3) is 0 Å². The Bertz CT molecular complexity index is 1730. The topological polar surface area (TPSA) is 175 Å². The van der Waals surface area contributed by atoms with E-state index in [1.807, 2.05) is 0 Å². The summed E-state index contributed by atoms with van der Waals surface area (Å²) in [6.45, 7) is 5.85. The highest BCUT2D eigenvalue weighted by atomic mass is 16.7. The molecule has 464 valence electrons. The molecule has 1 saturated heterocycles. The Morgan fingerprint density at radius 3 is 1.25 bits per heavy atom. The molecule has 12 heteroatoms. The van der Waals surface area contributed by atoms with Crippen LogP contribution in [0, 0.1) is 0 Å². The second-order valence-electron chi connectivity index (χ2n) is 22.0. The highest BCUT2D eigenvalue weighted by Crippen LogP contribution is 2.26. The van der Waals surface area contributed by atoms with Crippen LogP contribution in [0.1, 0.15) is 278 Å². The van der Waals surface area contributed by atoms with Crippen molar-refractivity contribution in [2.75, 3.05) is 13.2 Å². The second kappa shape index (κ2) is 56.4. The summed E-state index contributed by atoms with van der Waals surface area (Å²) < 4.78 is 28.5. The lowest BCUT2D eigenvalue weighted by Crippen LogP contribution is -2.61. The molecule has 0 aromatic carbocycles. The van der Waals surface area contributed by atoms with Crippen molar-refractivity contribution in [2.24, 2.45) is 0 Å². The molecule has 1 rings (SSSR count). The molecule has 6 unspecified atom stereocenters. The predicted octanol–water partition coefficient (Wildman–Crippen LogP) is 17.5. The number of carboxylic acid groups (broad SMARTS) is 1. The first-order valence-electron chi connectivity index (χ1n) is 32.6. The van der Waals surface area contributed by atoms with Gasteiger partial charge in [0.1, 0.15) is 18.8 Å². The molecular weight excluding hydrogens is 1020 g/mol. The summed E-state index contributed by atoms with van der Waals surface area (Å²) in [5.41, 5.74) is 0. The monoisotopic (exact) mass is 1140 g/mol. The Morgan fingerprint density at radius 1 is 0.420 bits per heavy atom. The highest BCUT2D eigenvalue weighted by molar-refractivity contribution is 5.74. The van der Waals surface area contributed by atoms with Crippen molar-refractivity contribution in [3.8, 4) is 0 Å². The number of aliphatic hydroxyl groups is 2. The summed E-state index contributed by atoms with van der Waals surface area (Å²) in [7, 11) is 0. The van der Waals surface area contributed by atoms with E-state index in [4.69, 9.17) is 23.7 Å². The summed E-state index contributed by atoms with van der Waals surface area (Å²) in [5, 5.41) is 31.6. The molecule has 3 N–H and O–H groups in total. The normalized spacial score (nSPS) is 18.3. The number of carbonyl (C=O) groups excluding carboxylic acids is 3. The van der Waals surface area contributed by atoms with E-state index in [1.54, 1.807) is 0 Å². The molecule has 6 atom stereocenters. The van der Waals surface area contributed by atoms with Gasteiger partial charge in [0.2, 0.25) is 0 Å². The average Bonchev–Trinajstić information content (AvgIpc) is 3.53. The number of aliphatic hydroxyl groups excluding tert-OH is 2. The number of esters is 3. The van der Waals surface area contributed by atoms with E-state index in [2.05, 4.69) is 106 Å². The predicted molar refractivity (Wildman–Crippen MR) is 331 cm³/mol. The van der Waals surface area contributed by atoms with Crippen LogP contribution in [0.3, 0.4) is 0 Å². The molecule has 0 saturated carbocycles. The van der Waals surface area contributed by atoms with Gasteiger partial charge in [-0.2, -0.15) is 0 Å². The van der Waals surface area contributed by atoms with Gasteiger partial charge in [0.25, 0.3) is 0 Å². The molecular formula is C69H116O12. The van der Waals surface area contributed by atoms with Gasteiger partial charge in [0, 0.05) is 19.3 Å². The number of hydrogen-bond donors (Lipinski definition) is 3. The first-order valence-corrected chi connectivity index (χ1v) is 32.6. The number of unbranched alkanes of at least 4 members (excludes halogenated alkanes) is 27. The number of allylic oxidation sites excluding steroid dienone is 14. The molecule has 1 aliphatic rings. The average molecular weight is 1140 g/mol. The van der Waals surface area contributed by atoms with Crippen LogP contribution in [0.4, 0.5) is 0 Å². The lowest BCUT2D eigenvalue weighted by molar-refractivity contribution is -0.301. The number of carbonyl (C=O) groups is 4. The SMILES string of the molecule is CC/C=C\C/C=C\C/C=C\C/C=C\CCCCC(=O)OC1C(OCC(COC(=O)CCCCCCCCCCC/C=C\C/C=C\CCCCC)OC(=O)CCCCCCCCC/C=C\CCCCCCCC)OC(C(=O)O)C(O)C1O. The fourth-order valence-corrected chi connectivity index (χ4v) is 9.44. The first-order chi connectivity index (χ1) is 39.6. The Labute approximate surface area is 492 Å². The molecule has 12 nitrogen and oxygen atoms in total. The number of carboxylic acids is 1. The van der Waals surface area contributed by atoms with Crippen molar-refractivity contribution >= 4 is 23.9 Å². The summed E-state index contributed by atoms with van der Waals surface area (Å²) in [6.07, 6.45) is 61.1. The van der Waals surface area contributed by atoms with Crippen LogP contribution in [-0.2, 0) is 42.9 Å². The van der Waals surface area contributed by atoms with Crippen molar-refractivity contribution in [3.05, 3.63) is 85.1 Å². The minimum absolute atomic E-state index is 0.00530. The van der Waals surface area contributed by atoms with E-state index in [1.165, 1.54) is 116 Å². The van der Waals surface area contributed by atoms with Gasteiger partial charge in [-0.1, -0.05) is 228 Å². The molecule has 81 heavy (non-hydrogen) atoms. The van der Waals surface area contributed by atoms with E-state index in [-0.39, 0.29) is 25.9 Å². The van der Waals surface area contributed by atoms with Crippen molar-refractivity contribution in [3.63, 3.8) is 0 Å². The van der Waals surface area contributed by atoms with Crippen LogP contribution < -0.4 is 0 Å². The van der Waals surface area contributed by atoms with E-state index < -0.39 is 67.3 Å². The minimum atomic E-state index is -1.92. The lowest BCUT2D eigenvalue weighted by atomic mass is 9.98. The van der Waals surface area contributed by atoms with Gasteiger partial charge in [-0.05, 0) is 116 Å². The van der Waals surface area contributed by atoms with Crippen molar-refractivity contribution in [1.82, 2.24) is 0 Å². The number of ether oxygens (including phenoxy) is 5. The van der Waals surface area contributed by atoms with Crippen LogP contribution in [0.5, 0.6) is 0 Å². The molecule has 1 heterocycles. The van der Waals surface area contributed by atoms with Gasteiger partial charge in [-0.15, -0.1) is 0 Å². The molecule has 1 fully saturated rings. The van der Waals surface area contributed by atoms with Gasteiger partial charge >= 0.3 is 23.9 Å². The largest absolute Gasteiger partial charge is 0.479 e. The summed E-state index contributed by atoms with van der Waals surface area (Å²) in [5.74, 6) is -3.18. The standard InChI is InChI=1S/C69H116O12/c1-4-7-10-13-16-19-22-25-28-30-31-33-35-37-40-43-46-49-52-55-61(70)77-58-60(79-62(71)56-53-50-47-44-41-39-36-32-29-26-23-20-17-14-11-8-5-2)59-78-69-67(65(74)64(73)66(81-69)68(75)76)80-63(72)57-54-51-48-45-42-38-34-27-24-21-18-15-12-9-6-3/h9,12,16,18-19,21,25-29,34,42,45,60,64-67,69,73-74H,4-8,10-11,13-15,17,20,22-24,30-33,35-41,43-44,46-59H2,1-3H3,(H,75,76)/b12-9-,19-16-,21-18-,28-25-,29-26-,34-27-,45-42-. The zero-order valence-corrected chi connectivity index (χ0v) is 51.3. The van der Waals surface area contributed by atoms with E-state index in [0.717, 1.165) is 96.3 Å². The maximum atomic E-state index is 13.2. The molecule has 1 aliphatic heterocycles. The molecule has 0 amide bonds. The molecule has 0 radical (unpaired) electrons. The van der Waals surface area contributed by atoms with Crippen molar-refractivity contribution in [1.29, 1.82) is 0 Å². The van der Waals surface area contributed by atoms with Crippen molar-refractivity contribution in [2.45, 2.75) is 314 Å². The third-order valence-electron chi connectivity index (χ3n) is 14.4. The molecule has 0 aliphatic carbocycles. The second-order valence-corrected chi connectivity index (χ2v) is 22.0. The Hall–Kier alpha value is -4.10. The van der Waals surface area contributed by atoms with Gasteiger partial charge in [0.05, 0.1) is 6.61 Å². The van der Waals surface area contributed by atoms with Crippen LogP contribution in [0.2, 0.25) is 0 Å². The van der Waals surface area contributed by atoms with Gasteiger partial charge in [-0.3, -0.25) is 14.4 Å². The van der Waals surface area contributed by atoms with Crippen LogP contribution in [0.15, 0.2) is 85.1 Å². The number of rotatable bonds is 55. The Kier molecular flexibility index (Phi) is 52.1. The fourth-order valence-electron chi connectivity index (χ4n) is 9.44. The third kappa shape index (κ3) is 46.0. The van der Waals surface area contributed by atoms with Gasteiger partial charge < -0.3 is 39.0 Å². The maximum absolute atomic E-state index is 13.2. The summed E-state index contributed by atoms with van der Waals surface area (Å²) in [6, 6.07) is 0. The Morgan fingerprint density at radius 2 is 0.778 bits per heavy atom. The van der Waals surface area contributed by atoms with Crippen LogP contribution in [-0.4, -0.2) is 89.2 Å². The fraction of sp³-hybridized carbons (Fsp3) is 0.739. The highest BCUT2D eigenvalue weighted by Gasteiger charge is 2.50. The number of hydrogen-bond acceptors (Lipinski definition) is 11. The first kappa shape index (κ1) is 74.9. The smallest absolute Gasteiger partial charge is 0.335 e. The molecule has 0 aromatic heterocycles. The van der Waals surface area contributed by atoms with E-state index in [0.29, 0.717) is 25.7 Å². The number of aliphatic carboxylic acids is 1. The quantitative estimate of drug-likeness (QED) is 0.0228.